The van der Waals surface area contributed by atoms with Crippen LogP contribution >= 0.6 is 0 Å². The van der Waals surface area contributed by atoms with E-state index in [1.165, 1.54) is 0 Å². The lowest BCUT2D eigenvalue weighted by molar-refractivity contribution is -0.149. The second-order valence-electron chi connectivity index (χ2n) is 6.07. The van der Waals surface area contributed by atoms with Crippen molar-refractivity contribution >= 4 is 5.97 Å². The third-order valence-electron chi connectivity index (χ3n) is 2.97. The van der Waals surface area contributed by atoms with Gasteiger partial charge < -0.3 is 9.84 Å². The van der Waals surface area contributed by atoms with E-state index >= 15 is 0 Å². The zero-order valence-corrected chi connectivity index (χ0v) is 10.9. The van der Waals surface area contributed by atoms with Crippen LogP contribution < -0.4 is 0 Å². The Morgan fingerprint density at radius 3 is 2.44 bits per heavy atom. The summed E-state index contributed by atoms with van der Waals surface area (Å²) in [6.45, 7) is 10.8. The first-order valence-corrected chi connectivity index (χ1v) is 5.78. The second kappa shape index (κ2) is 4.34. The Morgan fingerprint density at radius 1 is 1.44 bits per heavy atom. The quantitative estimate of drug-likeness (QED) is 0.743. The lowest BCUT2D eigenvalue weighted by Crippen LogP contribution is -2.46. The number of esters is 1. The normalized spacial score (nSPS) is 25.9. The molecule has 4 heteroatoms. The average molecular weight is 229 g/mol. The Morgan fingerprint density at radius 2 is 2.00 bits per heavy atom. The van der Waals surface area contributed by atoms with E-state index in [2.05, 4.69) is 20.8 Å². The van der Waals surface area contributed by atoms with Gasteiger partial charge in [-0.1, -0.05) is 20.8 Å². The monoisotopic (exact) mass is 229 g/mol. The Kier molecular flexibility index (Phi) is 3.65. The number of carbonyl (C=O) groups is 1. The predicted molar refractivity (Wildman–Crippen MR) is 61.8 cm³/mol. The minimum Gasteiger partial charge on any atom is -0.443 e. The van der Waals surface area contributed by atoms with E-state index in [1.54, 1.807) is 0 Å². The van der Waals surface area contributed by atoms with E-state index in [0.29, 0.717) is 0 Å². The van der Waals surface area contributed by atoms with Crippen molar-refractivity contribution in [3.8, 4) is 0 Å². The summed E-state index contributed by atoms with van der Waals surface area (Å²) in [5.41, 5.74) is -0.391. The molecule has 1 rings (SSSR count). The maximum atomic E-state index is 11.5. The first kappa shape index (κ1) is 13.5. The summed E-state index contributed by atoms with van der Waals surface area (Å²) in [5, 5.41) is 9.23. The maximum absolute atomic E-state index is 11.5. The third kappa shape index (κ3) is 2.95. The molecule has 1 aliphatic heterocycles. The maximum Gasteiger partial charge on any atom is 0.327 e. The fourth-order valence-electron chi connectivity index (χ4n) is 1.93. The molecule has 1 fully saturated rings. The summed E-state index contributed by atoms with van der Waals surface area (Å²) in [6.07, 6.45) is 0.962. The number of ether oxygens (including phenoxy) is 1. The van der Waals surface area contributed by atoms with Gasteiger partial charge in [0.15, 0.2) is 5.72 Å². The van der Waals surface area contributed by atoms with Gasteiger partial charge in [0.05, 0.1) is 6.61 Å². The molecule has 0 aromatic rings. The van der Waals surface area contributed by atoms with E-state index in [-0.39, 0.29) is 18.0 Å². The molecule has 4 nitrogen and oxygen atoms in total. The molecule has 0 aliphatic carbocycles. The van der Waals surface area contributed by atoms with Crippen LogP contribution in [0.25, 0.3) is 0 Å². The van der Waals surface area contributed by atoms with Crippen molar-refractivity contribution in [3.63, 3.8) is 0 Å². The first-order valence-electron chi connectivity index (χ1n) is 5.78. The molecule has 0 aromatic heterocycles. The number of nitrogens with zero attached hydrogens (tertiary/aromatic N) is 1. The minimum absolute atomic E-state index is 0.174. The van der Waals surface area contributed by atoms with Crippen LogP contribution in [-0.2, 0) is 9.53 Å². The predicted octanol–water partition coefficient (Wildman–Crippen LogP) is 1.38. The van der Waals surface area contributed by atoms with E-state index in [1.807, 2.05) is 18.7 Å². The van der Waals surface area contributed by atoms with Gasteiger partial charge in [0.25, 0.3) is 0 Å². The second-order valence-corrected chi connectivity index (χ2v) is 6.07. The fraction of sp³-hybridized carbons (Fsp3) is 0.917. The standard InChI is InChI=1S/C12H23NO3/c1-11(2,3)6-7-13-9(8-14)10(15)16-12(13,4)5/h9,14H,6-8H2,1-5H3. The lowest BCUT2D eigenvalue weighted by Gasteiger charge is -2.33. The van der Waals surface area contributed by atoms with Gasteiger partial charge in [-0.2, -0.15) is 0 Å². The molecule has 94 valence electrons. The molecule has 0 saturated carbocycles. The van der Waals surface area contributed by atoms with Crippen LogP contribution in [0.15, 0.2) is 0 Å². The van der Waals surface area contributed by atoms with Gasteiger partial charge in [-0.3, -0.25) is 9.69 Å². The van der Waals surface area contributed by atoms with Gasteiger partial charge in [-0.25, -0.2) is 0 Å². The Labute approximate surface area is 97.6 Å². The van der Waals surface area contributed by atoms with Crippen molar-refractivity contribution < 1.29 is 14.6 Å². The highest BCUT2D eigenvalue weighted by atomic mass is 16.6. The summed E-state index contributed by atoms with van der Waals surface area (Å²) in [4.78, 5) is 13.5. The van der Waals surface area contributed by atoms with Crippen LogP contribution in [0.5, 0.6) is 0 Å². The highest BCUT2D eigenvalue weighted by Gasteiger charge is 2.47. The molecular formula is C12H23NO3. The molecule has 0 amide bonds. The first-order chi connectivity index (χ1) is 7.17. The summed E-state index contributed by atoms with van der Waals surface area (Å²) in [5.74, 6) is -0.318. The Hall–Kier alpha value is -0.610. The third-order valence-corrected chi connectivity index (χ3v) is 2.97. The molecule has 0 bridgehead atoms. The summed E-state index contributed by atoms with van der Waals surface area (Å²) >= 11 is 0. The van der Waals surface area contributed by atoms with Crippen LogP contribution in [0.3, 0.4) is 0 Å². The molecule has 1 atom stereocenters. The van der Waals surface area contributed by atoms with Crippen LogP contribution in [0.1, 0.15) is 41.0 Å². The van der Waals surface area contributed by atoms with Crippen LogP contribution in [0, 0.1) is 5.41 Å². The van der Waals surface area contributed by atoms with Crippen LogP contribution in [0.4, 0.5) is 0 Å². The number of cyclic esters (lactones) is 1. The minimum atomic E-state index is -0.601. The van der Waals surface area contributed by atoms with E-state index in [4.69, 9.17) is 4.74 Å². The molecule has 0 spiro atoms. The zero-order valence-electron chi connectivity index (χ0n) is 10.9. The summed E-state index contributed by atoms with van der Waals surface area (Å²) in [7, 11) is 0. The van der Waals surface area contributed by atoms with Crippen molar-refractivity contribution in [1.29, 1.82) is 0 Å². The molecule has 16 heavy (non-hydrogen) atoms. The molecule has 1 N–H and O–H groups in total. The topological polar surface area (TPSA) is 49.8 Å². The SMILES string of the molecule is CC(C)(C)CCN1C(CO)C(=O)OC1(C)C. The van der Waals surface area contributed by atoms with Gasteiger partial charge in [-0.15, -0.1) is 0 Å². The smallest absolute Gasteiger partial charge is 0.327 e. The number of hydrogen-bond donors (Lipinski definition) is 1. The van der Waals surface area contributed by atoms with E-state index < -0.39 is 11.8 Å². The lowest BCUT2D eigenvalue weighted by atomic mass is 9.91. The molecule has 1 unspecified atom stereocenters. The molecule has 1 heterocycles. The molecular weight excluding hydrogens is 206 g/mol. The van der Waals surface area contributed by atoms with Gasteiger partial charge >= 0.3 is 5.97 Å². The van der Waals surface area contributed by atoms with E-state index in [9.17, 15) is 9.90 Å². The molecule has 1 aliphatic rings. The Balaban J connectivity index is 2.71. The van der Waals surface area contributed by atoms with Crippen molar-refractivity contribution in [3.05, 3.63) is 0 Å². The van der Waals surface area contributed by atoms with Gasteiger partial charge in [0.1, 0.15) is 6.04 Å². The number of rotatable bonds is 3. The van der Waals surface area contributed by atoms with Gasteiger partial charge in [0.2, 0.25) is 0 Å². The Bertz CT molecular complexity index is 268. The number of aliphatic hydroxyl groups excluding tert-OH is 1. The molecule has 0 aromatic carbocycles. The van der Waals surface area contributed by atoms with E-state index in [0.717, 1.165) is 13.0 Å². The molecule has 0 radical (unpaired) electrons. The van der Waals surface area contributed by atoms with Crippen molar-refractivity contribution in [2.75, 3.05) is 13.2 Å². The van der Waals surface area contributed by atoms with Crippen molar-refractivity contribution in [2.45, 2.75) is 52.8 Å². The largest absolute Gasteiger partial charge is 0.443 e. The van der Waals surface area contributed by atoms with Gasteiger partial charge in [0, 0.05) is 6.54 Å². The highest BCUT2D eigenvalue weighted by Crippen LogP contribution is 2.30. The number of hydrogen-bond acceptors (Lipinski definition) is 4. The zero-order chi connectivity index (χ0) is 12.6. The van der Waals surface area contributed by atoms with Crippen molar-refractivity contribution in [2.24, 2.45) is 5.41 Å². The van der Waals surface area contributed by atoms with Crippen LogP contribution in [-0.4, -0.2) is 40.9 Å². The fourth-order valence-corrected chi connectivity index (χ4v) is 1.93. The summed E-state index contributed by atoms with van der Waals surface area (Å²) in [6, 6.07) is -0.502. The van der Waals surface area contributed by atoms with Crippen molar-refractivity contribution in [1.82, 2.24) is 4.90 Å². The van der Waals surface area contributed by atoms with Gasteiger partial charge in [-0.05, 0) is 25.7 Å². The number of carbonyl (C=O) groups excluding carboxylic acids is 1. The average Bonchev–Trinajstić information content (AvgIpc) is 2.29. The van der Waals surface area contributed by atoms with Crippen LogP contribution in [0.2, 0.25) is 0 Å². The summed E-state index contributed by atoms with van der Waals surface area (Å²) < 4.78 is 5.26. The molecule has 1 saturated heterocycles. The number of aliphatic hydroxyl groups is 1. The highest BCUT2D eigenvalue weighted by molar-refractivity contribution is 5.78.